The maximum atomic E-state index is 10.7. The van der Waals surface area contributed by atoms with Crippen LogP contribution in [0.25, 0.3) is 0 Å². The highest BCUT2D eigenvalue weighted by molar-refractivity contribution is 8.43. The van der Waals surface area contributed by atoms with E-state index >= 15 is 0 Å². The van der Waals surface area contributed by atoms with Crippen molar-refractivity contribution in [2.45, 2.75) is 13.3 Å². The molecule has 0 aliphatic rings. The molecule has 1 N–H and O–H groups in total. The molecule has 0 amide bonds. The molecular weight excluding hydrogens is 191 g/mol. The van der Waals surface area contributed by atoms with Crippen LogP contribution in [-0.4, -0.2) is 22.8 Å². The SMILES string of the molecule is CCCOS(=O)P(=O)(O)OC. The fourth-order valence-electron chi connectivity index (χ4n) is 0.282. The van der Waals surface area contributed by atoms with Crippen molar-refractivity contribution < 1.29 is 22.4 Å². The van der Waals surface area contributed by atoms with Crippen molar-refractivity contribution in [1.29, 1.82) is 0 Å². The molecule has 0 aromatic heterocycles. The standard InChI is InChI=1S/C4H11O5PS/c1-3-4-9-11(7)10(5,6)8-2/h3-4H2,1-2H3,(H,5,6). The molecule has 7 heteroatoms. The maximum Gasteiger partial charge on any atom is 0.442 e. The van der Waals surface area contributed by atoms with E-state index in [0.717, 1.165) is 7.11 Å². The van der Waals surface area contributed by atoms with Crippen LogP contribution in [0.5, 0.6) is 0 Å². The normalized spacial score (nSPS) is 19.2. The van der Waals surface area contributed by atoms with E-state index in [1.165, 1.54) is 0 Å². The molecular formula is C4H11O5PS. The Balaban J connectivity index is 3.93. The highest BCUT2D eigenvalue weighted by Crippen LogP contribution is 2.45. The van der Waals surface area contributed by atoms with Crippen LogP contribution in [0, 0.1) is 0 Å². The first-order valence-electron chi connectivity index (χ1n) is 2.99. The van der Waals surface area contributed by atoms with E-state index in [0.29, 0.717) is 6.42 Å². The Kier molecular flexibility index (Phi) is 5.12. The summed E-state index contributed by atoms with van der Waals surface area (Å²) in [6, 6.07) is 0. The van der Waals surface area contributed by atoms with Crippen molar-refractivity contribution in [3.63, 3.8) is 0 Å². The summed E-state index contributed by atoms with van der Waals surface area (Å²) >= 11 is 0. The molecule has 2 atom stereocenters. The lowest BCUT2D eigenvalue weighted by molar-refractivity contribution is 0.312. The van der Waals surface area contributed by atoms with Gasteiger partial charge in [0.25, 0.3) is 10.7 Å². The van der Waals surface area contributed by atoms with Gasteiger partial charge in [-0.2, -0.15) is 0 Å². The van der Waals surface area contributed by atoms with Crippen LogP contribution in [0.15, 0.2) is 0 Å². The van der Waals surface area contributed by atoms with Gasteiger partial charge in [-0.1, -0.05) is 6.92 Å². The van der Waals surface area contributed by atoms with Gasteiger partial charge < -0.3 is 9.42 Å². The van der Waals surface area contributed by atoms with Crippen LogP contribution in [0.3, 0.4) is 0 Å². The van der Waals surface area contributed by atoms with Crippen LogP contribution >= 0.6 is 6.80 Å². The van der Waals surface area contributed by atoms with Crippen LogP contribution in [0.2, 0.25) is 0 Å². The predicted molar refractivity (Wildman–Crippen MR) is 41.2 cm³/mol. The molecule has 0 heterocycles. The van der Waals surface area contributed by atoms with E-state index < -0.39 is 17.5 Å². The highest BCUT2D eigenvalue weighted by Gasteiger charge is 2.28. The Bertz CT molecular complexity index is 181. The monoisotopic (exact) mass is 202 g/mol. The Morgan fingerprint density at radius 2 is 2.18 bits per heavy atom. The largest absolute Gasteiger partial charge is 0.442 e. The quantitative estimate of drug-likeness (QED) is 0.668. The Hall–Kier alpha value is 0.260. The third-order valence-corrected chi connectivity index (χ3v) is 3.91. The second kappa shape index (κ2) is 5.00. The molecule has 0 saturated carbocycles. The van der Waals surface area contributed by atoms with Crippen molar-refractivity contribution in [2.75, 3.05) is 13.7 Å². The zero-order valence-electron chi connectivity index (χ0n) is 6.35. The molecule has 0 aromatic carbocycles. The zero-order chi connectivity index (χ0) is 8.91. The van der Waals surface area contributed by atoms with Crippen LogP contribution in [0.1, 0.15) is 13.3 Å². The molecule has 0 aromatic rings. The molecule has 5 nitrogen and oxygen atoms in total. The summed E-state index contributed by atoms with van der Waals surface area (Å²) in [5.41, 5.74) is 0. The summed E-state index contributed by atoms with van der Waals surface area (Å²) in [6.45, 7) is -2.07. The average molecular weight is 202 g/mol. The fraction of sp³-hybridized carbons (Fsp3) is 1.00. The summed E-state index contributed by atoms with van der Waals surface area (Å²) in [5, 5.41) is 0. The lowest BCUT2D eigenvalue weighted by atomic mass is 10.5. The topological polar surface area (TPSA) is 72.8 Å². The summed E-state index contributed by atoms with van der Waals surface area (Å²) in [6.07, 6.45) is 0.634. The summed E-state index contributed by atoms with van der Waals surface area (Å²) in [5.74, 6) is 0. The number of hydrogen-bond donors (Lipinski definition) is 1. The summed E-state index contributed by atoms with van der Waals surface area (Å²) in [7, 11) is -1.23. The Morgan fingerprint density at radius 3 is 2.55 bits per heavy atom. The van der Waals surface area contributed by atoms with E-state index in [9.17, 15) is 8.77 Å². The third-order valence-electron chi connectivity index (χ3n) is 0.807. The van der Waals surface area contributed by atoms with Gasteiger partial charge in [-0.3, -0.25) is 4.18 Å². The first-order valence-corrected chi connectivity index (χ1v) is 6.24. The lowest BCUT2D eigenvalue weighted by Gasteiger charge is -2.06. The molecule has 0 rings (SSSR count). The first-order chi connectivity index (χ1) is 5.04. The second-order valence-electron chi connectivity index (χ2n) is 1.69. The zero-order valence-corrected chi connectivity index (χ0v) is 8.06. The molecule has 11 heavy (non-hydrogen) atoms. The van der Waals surface area contributed by atoms with Gasteiger partial charge in [0.2, 0.25) is 0 Å². The van der Waals surface area contributed by atoms with Gasteiger partial charge in [0.1, 0.15) is 0 Å². The molecule has 0 saturated heterocycles. The third kappa shape index (κ3) is 3.98. The van der Waals surface area contributed by atoms with Gasteiger partial charge in [-0.15, -0.1) is 0 Å². The average Bonchev–Trinajstić information content (AvgIpc) is 2.00. The molecule has 68 valence electrons. The van der Waals surface area contributed by atoms with E-state index in [4.69, 9.17) is 4.89 Å². The van der Waals surface area contributed by atoms with Gasteiger partial charge in [-0.25, -0.2) is 8.77 Å². The molecule has 2 unspecified atom stereocenters. The second-order valence-corrected chi connectivity index (χ2v) is 5.94. The van der Waals surface area contributed by atoms with E-state index in [1.807, 2.05) is 0 Å². The van der Waals surface area contributed by atoms with Gasteiger partial charge in [0.05, 0.1) is 6.61 Å². The smallest absolute Gasteiger partial charge is 0.313 e. The fourth-order valence-corrected chi connectivity index (χ4v) is 1.83. The molecule has 0 aliphatic heterocycles. The van der Waals surface area contributed by atoms with Crippen molar-refractivity contribution in [1.82, 2.24) is 0 Å². The highest BCUT2D eigenvalue weighted by atomic mass is 32.8. The Morgan fingerprint density at radius 1 is 1.64 bits per heavy atom. The van der Waals surface area contributed by atoms with Crippen LogP contribution < -0.4 is 0 Å². The van der Waals surface area contributed by atoms with Gasteiger partial charge >= 0.3 is 6.80 Å². The van der Waals surface area contributed by atoms with E-state index in [2.05, 4.69) is 8.71 Å². The maximum absolute atomic E-state index is 10.7. The van der Waals surface area contributed by atoms with Crippen molar-refractivity contribution in [2.24, 2.45) is 0 Å². The summed E-state index contributed by atoms with van der Waals surface area (Å²) in [4.78, 5) is 8.73. The minimum atomic E-state index is -4.04. The molecule has 0 radical (unpaired) electrons. The van der Waals surface area contributed by atoms with E-state index in [-0.39, 0.29) is 6.61 Å². The Labute approximate surface area is 67.7 Å². The van der Waals surface area contributed by atoms with Crippen molar-refractivity contribution in [3.05, 3.63) is 0 Å². The van der Waals surface area contributed by atoms with Crippen LogP contribution in [0.4, 0.5) is 0 Å². The summed E-state index contributed by atoms with van der Waals surface area (Å²) < 4.78 is 30.0. The minimum Gasteiger partial charge on any atom is -0.313 e. The van der Waals surface area contributed by atoms with Crippen LogP contribution in [-0.2, 0) is 24.0 Å². The molecule has 0 fully saturated rings. The molecule has 0 bridgehead atoms. The van der Waals surface area contributed by atoms with Gasteiger partial charge in [0.15, 0.2) is 0 Å². The number of rotatable bonds is 5. The van der Waals surface area contributed by atoms with E-state index in [1.54, 1.807) is 6.92 Å². The minimum absolute atomic E-state index is 0.181. The molecule has 0 spiro atoms. The lowest BCUT2D eigenvalue weighted by Crippen LogP contribution is -2.00. The van der Waals surface area contributed by atoms with Gasteiger partial charge in [-0.05, 0) is 6.42 Å². The number of hydrogen-bond acceptors (Lipinski definition) is 4. The predicted octanol–water partition coefficient (Wildman–Crippen LogP) is 0.823. The van der Waals surface area contributed by atoms with Gasteiger partial charge in [0, 0.05) is 7.11 Å². The van der Waals surface area contributed by atoms with Crippen molar-refractivity contribution >= 4 is 17.5 Å². The first kappa shape index (κ1) is 11.3. The van der Waals surface area contributed by atoms with Crippen molar-refractivity contribution in [3.8, 4) is 0 Å². The molecule has 0 aliphatic carbocycles.